The highest BCUT2D eigenvalue weighted by atomic mass is 16.5. The van der Waals surface area contributed by atoms with Crippen molar-refractivity contribution in [2.24, 2.45) is 0 Å². The van der Waals surface area contributed by atoms with Crippen molar-refractivity contribution < 1.29 is 14.6 Å². The van der Waals surface area contributed by atoms with Crippen molar-refractivity contribution in [3.63, 3.8) is 0 Å². The highest BCUT2D eigenvalue weighted by Crippen LogP contribution is 2.27. The predicted molar refractivity (Wildman–Crippen MR) is 82.9 cm³/mol. The molecule has 2 aromatic rings. The molecular formula is C17H21NO3. The molecule has 2 rings (SSSR count). The van der Waals surface area contributed by atoms with E-state index in [1.165, 1.54) is 7.11 Å². The third-order valence-electron chi connectivity index (χ3n) is 3.46. The van der Waals surface area contributed by atoms with Gasteiger partial charge in [0.2, 0.25) is 0 Å². The van der Waals surface area contributed by atoms with Crippen LogP contribution in [0.3, 0.4) is 0 Å². The number of phenolic OH excluding ortho intramolecular Hbond substituents is 1. The summed E-state index contributed by atoms with van der Waals surface area (Å²) in [5.41, 5.74) is 2.10. The summed E-state index contributed by atoms with van der Waals surface area (Å²) in [6, 6.07) is 13.5. The van der Waals surface area contributed by atoms with Gasteiger partial charge in [-0.25, -0.2) is 0 Å². The Bertz CT molecular complexity index is 598. The van der Waals surface area contributed by atoms with E-state index < -0.39 is 0 Å². The summed E-state index contributed by atoms with van der Waals surface area (Å²) < 4.78 is 10.4. The van der Waals surface area contributed by atoms with Crippen LogP contribution in [0.1, 0.15) is 24.1 Å². The summed E-state index contributed by atoms with van der Waals surface area (Å²) in [6.07, 6.45) is 0. The van der Waals surface area contributed by atoms with Crippen LogP contribution in [0.25, 0.3) is 0 Å². The quantitative estimate of drug-likeness (QED) is 0.856. The van der Waals surface area contributed by atoms with Gasteiger partial charge in [0, 0.05) is 18.2 Å². The van der Waals surface area contributed by atoms with E-state index >= 15 is 0 Å². The SMILES string of the molecule is COc1ccc(CNC(C)c2ccccc2OC)cc1O. The number of hydrogen-bond donors (Lipinski definition) is 2. The lowest BCUT2D eigenvalue weighted by Crippen LogP contribution is -2.18. The third-order valence-corrected chi connectivity index (χ3v) is 3.46. The maximum absolute atomic E-state index is 9.78. The van der Waals surface area contributed by atoms with Gasteiger partial charge in [-0.05, 0) is 30.7 Å². The van der Waals surface area contributed by atoms with E-state index in [-0.39, 0.29) is 11.8 Å². The molecule has 0 aliphatic rings. The van der Waals surface area contributed by atoms with Gasteiger partial charge in [-0.15, -0.1) is 0 Å². The van der Waals surface area contributed by atoms with E-state index in [0.717, 1.165) is 16.9 Å². The molecule has 0 heterocycles. The minimum absolute atomic E-state index is 0.144. The van der Waals surface area contributed by atoms with Crippen molar-refractivity contribution in [2.45, 2.75) is 19.5 Å². The summed E-state index contributed by atoms with van der Waals surface area (Å²) in [5, 5.41) is 13.2. The van der Waals surface area contributed by atoms with E-state index in [0.29, 0.717) is 12.3 Å². The summed E-state index contributed by atoms with van der Waals surface area (Å²) in [5.74, 6) is 1.51. The smallest absolute Gasteiger partial charge is 0.160 e. The number of rotatable bonds is 6. The number of hydrogen-bond acceptors (Lipinski definition) is 4. The number of para-hydroxylation sites is 1. The Labute approximate surface area is 125 Å². The molecule has 0 aromatic heterocycles. The molecular weight excluding hydrogens is 266 g/mol. The van der Waals surface area contributed by atoms with Crippen LogP contribution in [0.15, 0.2) is 42.5 Å². The largest absolute Gasteiger partial charge is 0.504 e. The molecule has 0 aliphatic carbocycles. The zero-order chi connectivity index (χ0) is 15.2. The van der Waals surface area contributed by atoms with Crippen molar-refractivity contribution in [1.29, 1.82) is 0 Å². The van der Waals surface area contributed by atoms with Crippen molar-refractivity contribution in [2.75, 3.05) is 14.2 Å². The van der Waals surface area contributed by atoms with Crippen molar-refractivity contribution >= 4 is 0 Å². The van der Waals surface area contributed by atoms with Crippen molar-refractivity contribution in [3.05, 3.63) is 53.6 Å². The zero-order valence-corrected chi connectivity index (χ0v) is 12.6. The van der Waals surface area contributed by atoms with Gasteiger partial charge in [0.25, 0.3) is 0 Å². The third kappa shape index (κ3) is 3.67. The number of methoxy groups -OCH3 is 2. The first-order valence-corrected chi connectivity index (χ1v) is 6.88. The molecule has 2 aromatic carbocycles. The second-order valence-electron chi connectivity index (χ2n) is 4.85. The molecule has 0 aliphatic heterocycles. The van der Waals surface area contributed by atoms with E-state index in [2.05, 4.69) is 12.2 Å². The van der Waals surface area contributed by atoms with Gasteiger partial charge in [0.15, 0.2) is 11.5 Å². The second kappa shape index (κ2) is 6.99. The zero-order valence-electron chi connectivity index (χ0n) is 12.6. The monoisotopic (exact) mass is 287 g/mol. The van der Waals surface area contributed by atoms with E-state index in [1.807, 2.05) is 30.3 Å². The highest BCUT2D eigenvalue weighted by molar-refractivity contribution is 5.42. The number of benzene rings is 2. The van der Waals surface area contributed by atoms with Crippen LogP contribution in [0, 0.1) is 0 Å². The Kier molecular flexibility index (Phi) is 5.06. The fourth-order valence-corrected chi connectivity index (χ4v) is 2.25. The van der Waals surface area contributed by atoms with Crippen molar-refractivity contribution in [3.8, 4) is 17.2 Å². The molecule has 0 fully saturated rings. The molecule has 21 heavy (non-hydrogen) atoms. The number of aromatic hydroxyl groups is 1. The van der Waals surface area contributed by atoms with Gasteiger partial charge in [-0.1, -0.05) is 24.3 Å². The maximum atomic E-state index is 9.78. The van der Waals surface area contributed by atoms with Crippen LogP contribution >= 0.6 is 0 Å². The summed E-state index contributed by atoms with van der Waals surface area (Å²) >= 11 is 0. The van der Waals surface area contributed by atoms with Crippen LogP contribution in [-0.4, -0.2) is 19.3 Å². The minimum atomic E-state index is 0.144. The van der Waals surface area contributed by atoms with Gasteiger partial charge in [0.05, 0.1) is 14.2 Å². The van der Waals surface area contributed by atoms with Gasteiger partial charge < -0.3 is 19.9 Å². The van der Waals surface area contributed by atoms with Gasteiger partial charge >= 0.3 is 0 Å². The predicted octanol–water partition coefficient (Wildman–Crippen LogP) is 3.26. The normalized spacial score (nSPS) is 12.0. The Morgan fingerprint density at radius 1 is 1.05 bits per heavy atom. The summed E-state index contributed by atoms with van der Waals surface area (Å²) in [6.45, 7) is 2.73. The summed E-state index contributed by atoms with van der Waals surface area (Å²) in [4.78, 5) is 0. The maximum Gasteiger partial charge on any atom is 0.160 e. The summed E-state index contributed by atoms with van der Waals surface area (Å²) in [7, 11) is 3.21. The number of phenols is 1. The molecule has 0 amide bonds. The first-order valence-electron chi connectivity index (χ1n) is 6.88. The fraction of sp³-hybridized carbons (Fsp3) is 0.294. The standard InChI is InChI=1S/C17H21NO3/c1-12(14-6-4-5-7-16(14)20-2)18-11-13-8-9-17(21-3)15(19)10-13/h4-10,12,18-19H,11H2,1-3H3. The molecule has 112 valence electrons. The molecule has 0 saturated carbocycles. The Hall–Kier alpha value is -2.20. The van der Waals surface area contributed by atoms with Crippen LogP contribution in [-0.2, 0) is 6.54 Å². The Morgan fingerprint density at radius 3 is 2.43 bits per heavy atom. The fourth-order valence-electron chi connectivity index (χ4n) is 2.25. The first-order chi connectivity index (χ1) is 10.2. The molecule has 0 bridgehead atoms. The molecule has 0 radical (unpaired) electrons. The highest BCUT2D eigenvalue weighted by Gasteiger charge is 2.10. The van der Waals surface area contributed by atoms with Crippen LogP contribution < -0.4 is 14.8 Å². The number of ether oxygens (including phenoxy) is 2. The van der Waals surface area contributed by atoms with Crippen LogP contribution in [0.2, 0.25) is 0 Å². The Balaban J connectivity index is 2.04. The topological polar surface area (TPSA) is 50.7 Å². The average molecular weight is 287 g/mol. The number of nitrogens with one attached hydrogen (secondary N) is 1. The second-order valence-corrected chi connectivity index (χ2v) is 4.85. The lowest BCUT2D eigenvalue weighted by Gasteiger charge is -2.17. The molecule has 4 nitrogen and oxygen atoms in total. The lowest BCUT2D eigenvalue weighted by atomic mass is 10.1. The van der Waals surface area contributed by atoms with Gasteiger partial charge in [0.1, 0.15) is 5.75 Å². The van der Waals surface area contributed by atoms with Gasteiger partial charge in [-0.2, -0.15) is 0 Å². The van der Waals surface area contributed by atoms with E-state index in [4.69, 9.17) is 9.47 Å². The van der Waals surface area contributed by atoms with Gasteiger partial charge in [-0.3, -0.25) is 0 Å². The molecule has 1 unspecified atom stereocenters. The van der Waals surface area contributed by atoms with Crippen molar-refractivity contribution in [1.82, 2.24) is 5.32 Å². The Morgan fingerprint density at radius 2 is 1.76 bits per heavy atom. The van der Waals surface area contributed by atoms with E-state index in [9.17, 15) is 5.11 Å². The minimum Gasteiger partial charge on any atom is -0.504 e. The van der Waals surface area contributed by atoms with Crippen LogP contribution in [0.4, 0.5) is 0 Å². The molecule has 4 heteroatoms. The molecule has 0 spiro atoms. The molecule has 2 N–H and O–H groups in total. The van der Waals surface area contributed by atoms with Crippen LogP contribution in [0.5, 0.6) is 17.2 Å². The lowest BCUT2D eigenvalue weighted by molar-refractivity contribution is 0.372. The van der Waals surface area contributed by atoms with E-state index in [1.54, 1.807) is 19.2 Å². The molecule has 1 atom stereocenters. The first kappa shape index (κ1) is 15.2. The average Bonchev–Trinajstić information content (AvgIpc) is 2.52. The molecule has 0 saturated heterocycles.